The van der Waals surface area contributed by atoms with Gasteiger partial charge in [-0.05, 0) is 25.1 Å². The van der Waals surface area contributed by atoms with Gasteiger partial charge >= 0.3 is 0 Å². The molecule has 0 aliphatic rings. The van der Waals surface area contributed by atoms with Crippen LogP contribution >= 0.6 is 0 Å². The maximum atomic E-state index is 12.2. The lowest BCUT2D eigenvalue weighted by Crippen LogP contribution is -2.03. The van der Waals surface area contributed by atoms with Crippen LogP contribution < -0.4 is 0 Å². The normalized spacial score (nSPS) is 11.3. The van der Waals surface area contributed by atoms with Crippen LogP contribution in [0.25, 0.3) is 0 Å². The molecule has 1 unspecified atom stereocenters. The molecule has 1 aromatic carbocycles. The van der Waals surface area contributed by atoms with Gasteiger partial charge in [0.1, 0.15) is 6.29 Å². The first-order chi connectivity index (χ1) is 7.01. The van der Waals surface area contributed by atoms with Crippen LogP contribution in [0.5, 0.6) is 0 Å². The summed E-state index contributed by atoms with van der Waals surface area (Å²) < 4.78 is 24.4. The van der Waals surface area contributed by atoms with Gasteiger partial charge in [0.2, 0.25) is 0 Å². The summed E-state index contributed by atoms with van der Waals surface area (Å²) in [5.74, 6) is -1.94. The summed E-state index contributed by atoms with van der Waals surface area (Å²) in [6.07, 6.45) is -0.0994. The smallest absolute Gasteiger partial charge is 0.159 e. The van der Waals surface area contributed by atoms with Crippen molar-refractivity contribution in [1.29, 1.82) is 0 Å². The molecule has 1 rings (SSSR count). The van der Waals surface area contributed by atoms with Crippen LogP contribution in [0.15, 0.2) is 18.2 Å². The average Bonchev–Trinajstić information content (AvgIpc) is 2.23. The van der Waals surface area contributed by atoms with E-state index in [9.17, 15) is 13.6 Å². The molecule has 0 saturated heterocycles. The monoisotopic (exact) mass is 218 g/mol. The van der Waals surface area contributed by atoms with Crippen LogP contribution in [0.1, 0.15) is 17.3 Å². The highest BCUT2D eigenvalue weighted by Crippen LogP contribution is 2.06. The van der Waals surface area contributed by atoms with Crippen molar-refractivity contribution in [1.82, 2.24) is 0 Å². The number of carbonyl (C=O) groups is 1. The molecule has 84 valence electrons. The molecule has 3 nitrogen and oxygen atoms in total. The zero-order chi connectivity index (χ0) is 11.8. The van der Waals surface area contributed by atoms with Crippen molar-refractivity contribution in [3.05, 3.63) is 35.4 Å². The third-order valence-electron chi connectivity index (χ3n) is 1.34. The van der Waals surface area contributed by atoms with E-state index in [1.807, 2.05) is 0 Å². The number of hydrogen-bond acceptors (Lipinski definition) is 3. The van der Waals surface area contributed by atoms with Crippen molar-refractivity contribution in [3.8, 4) is 0 Å². The average molecular weight is 218 g/mol. The maximum absolute atomic E-state index is 12.2. The van der Waals surface area contributed by atoms with Gasteiger partial charge in [-0.1, -0.05) is 0 Å². The van der Waals surface area contributed by atoms with Crippen molar-refractivity contribution in [2.45, 2.75) is 13.0 Å². The lowest BCUT2D eigenvalue weighted by Gasteiger charge is -1.91. The molecule has 1 atom stereocenters. The zero-order valence-corrected chi connectivity index (χ0v) is 8.15. The van der Waals surface area contributed by atoms with Crippen molar-refractivity contribution in [3.63, 3.8) is 0 Å². The van der Waals surface area contributed by atoms with Gasteiger partial charge in [0, 0.05) is 5.56 Å². The van der Waals surface area contributed by atoms with Crippen LogP contribution in [-0.2, 0) is 0 Å². The van der Waals surface area contributed by atoms with Gasteiger partial charge in [-0.3, -0.25) is 4.79 Å². The first kappa shape index (κ1) is 13.7. The Morgan fingerprint density at radius 2 is 1.93 bits per heavy atom. The fourth-order valence-corrected chi connectivity index (χ4v) is 0.586. The van der Waals surface area contributed by atoms with Gasteiger partial charge in [0.15, 0.2) is 11.6 Å². The van der Waals surface area contributed by atoms with Crippen LogP contribution in [0.3, 0.4) is 0 Å². The third-order valence-corrected chi connectivity index (χ3v) is 1.34. The highest BCUT2D eigenvalue weighted by molar-refractivity contribution is 5.74. The van der Waals surface area contributed by atoms with Crippen LogP contribution in [0.2, 0.25) is 0 Å². The molecule has 1 aromatic rings. The van der Waals surface area contributed by atoms with E-state index in [0.29, 0.717) is 6.29 Å². The largest absolute Gasteiger partial charge is 0.394 e. The number of aliphatic hydroxyl groups is 2. The second kappa shape index (κ2) is 7.03. The van der Waals surface area contributed by atoms with Crippen LogP contribution in [-0.4, -0.2) is 29.2 Å². The van der Waals surface area contributed by atoms with E-state index < -0.39 is 17.7 Å². The second-order valence-electron chi connectivity index (χ2n) is 2.82. The molecule has 0 bridgehead atoms. The first-order valence-electron chi connectivity index (χ1n) is 4.20. The molecular formula is C10H12F2O3. The molecule has 0 radical (unpaired) electrons. The SMILES string of the molecule is CC(O)CO.O=Cc1ccc(F)c(F)c1. The molecule has 0 aromatic heterocycles. The van der Waals surface area contributed by atoms with Crippen molar-refractivity contribution in [2.24, 2.45) is 0 Å². The van der Waals surface area contributed by atoms with Crippen molar-refractivity contribution in [2.75, 3.05) is 6.61 Å². The van der Waals surface area contributed by atoms with Gasteiger partial charge in [0.05, 0.1) is 12.7 Å². The molecular weight excluding hydrogens is 206 g/mol. The zero-order valence-electron chi connectivity index (χ0n) is 8.15. The molecule has 5 heteroatoms. The summed E-state index contributed by atoms with van der Waals surface area (Å²) in [4.78, 5) is 9.98. The minimum atomic E-state index is -0.996. The quantitative estimate of drug-likeness (QED) is 0.732. The van der Waals surface area contributed by atoms with Crippen molar-refractivity contribution < 1.29 is 23.8 Å². The number of aldehydes is 1. The lowest BCUT2D eigenvalue weighted by molar-refractivity contribution is 0.110. The van der Waals surface area contributed by atoms with E-state index in [1.165, 1.54) is 13.0 Å². The molecule has 0 saturated carbocycles. The van der Waals surface area contributed by atoms with E-state index in [4.69, 9.17) is 10.2 Å². The van der Waals surface area contributed by atoms with E-state index in [2.05, 4.69) is 0 Å². The van der Waals surface area contributed by atoms with Crippen LogP contribution in [0, 0.1) is 11.6 Å². The van der Waals surface area contributed by atoms with Gasteiger partial charge in [-0.2, -0.15) is 0 Å². The number of rotatable bonds is 2. The summed E-state index contributed by atoms with van der Waals surface area (Å²) in [6, 6.07) is 2.98. The number of aliphatic hydroxyl groups excluding tert-OH is 2. The van der Waals surface area contributed by atoms with Gasteiger partial charge < -0.3 is 10.2 Å². The summed E-state index contributed by atoms with van der Waals surface area (Å²) in [6.45, 7) is 1.39. The summed E-state index contributed by atoms with van der Waals surface area (Å²) >= 11 is 0. The van der Waals surface area contributed by atoms with Crippen molar-refractivity contribution >= 4 is 6.29 Å². The lowest BCUT2D eigenvalue weighted by atomic mass is 10.2. The Balaban J connectivity index is 0.000000336. The van der Waals surface area contributed by atoms with E-state index in [-0.39, 0.29) is 12.2 Å². The summed E-state index contributed by atoms with van der Waals surface area (Å²) in [5, 5.41) is 16.0. The number of halogens is 2. The molecule has 0 heterocycles. The van der Waals surface area contributed by atoms with E-state index in [1.54, 1.807) is 0 Å². The summed E-state index contributed by atoms with van der Waals surface area (Å²) in [5.41, 5.74) is 0.138. The Morgan fingerprint density at radius 3 is 2.27 bits per heavy atom. The molecule has 15 heavy (non-hydrogen) atoms. The Kier molecular flexibility index (Phi) is 6.40. The fourth-order valence-electron chi connectivity index (χ4n) is 0.586. The number of carbonyl (C=O) groups excluding carboxylic acids is 1. The number of benzene rings is 1. The highest BCUT2D eigenvalue weighted by atomic mass is 19.2. The van der Waals surface area contributed by atoms with Gasteiger partial charge in [0.25, 0.3) is 0 Å². The first-order valence-corrected chi connectivity index (χ1v) is 4.20. The molecule has 0 aliphatic carbocycles. The Hall–Kier alpha value is -1.33. The van der Waals surface area contributed by atoms with Crippen LogP contribution in [0.4, 0.5) is 8.78 Å². The minimum Gasteiger partial charge on any atom is -0.394 e. The predicted octanol–water partition coefficient (Wildman–Crippen LogP) is 1.14. The Bertz CT molecular complexity index is 314. The minimum absolute atomic E-state index is 0.138. The molecule has 0 amide bonds. The Morgan fingerprint density at radius 1 is 1.40 bits per heavy atom. The maximum Gasteiger partial charge on any atom is 0.159 e. The fraction of sp³-hybridized carbons (Fsp3) is 0.300. The predicted molar refractivity (Wildman–Crippen MR) is 50.5 cm³/mol. The Labute approximate surface area is 86.0 Å². The molecule has 0 spiro atoms. The van der Waals surface area contributed by atoms with Gasteiger partial charge in [-0.15, -0.1) is 0 Å². The molecule has 2 N–H and O–H groups in total. The molecule has 0 aliphatic heterocycles. The topological polar surface area (TPSA) is 57.5 Å². The standard InChI is InChI=1S/C7H4F2O.C3H8O2/c8-6-2-1-5(4-10)3-7(6)9;1-3(5)2-4/h1-4H;3-5H,2H2,1H3. The number of hydrogen-bond donors (Lipinski definition) is 2. The third kappa shape index (κ3) is 5.87. The van der Waals surface area contributed by atoms with E-state index >= 15 is 0 Å². The van der Waals surface area contributed by atoms with Gasteiger partial charge in [-0.25, -0.2) is 8.78 Å². The highest BCUT2D eigenvalue weighted by Gasteiger charge is 1.99. The molecule has 0 fully saturated rings. The summed E-state index contributed by atoms with van der Waals surface area (Å²) in [7, 11) is 0. The second-order valence-corrected chi connectivity index (χ2v) is 2.82. The van der Waals surface area contributed by atoms with E-state index in [0.717, 1.165) is 12.1 Å².